The fourth-order valence-electron chi connectivity index (χ4n) is 3.67. The molecule has 5 heteroatoms. The molecule has 1 aliphatic rings. The number of methoxy groups -OCH3 is 1. The molecule has 1 atom stereocenters. The standard InChI is InChI=1S/C20H23N3O2/c1-24-11-9-23-8-7-21-20(23)19-14-22(12-16-6-10-25-15-16)13-17-4-2-3-5-18(17)19/h2-8,10,15,19H,9,11-14H2,1H3/t19-/m1/s1. The van der Waals surface area contributed by atoms with Gasteiger partial charge in [-0.25, -0.2) is 4.98 Å². The zero-order valence-corrected chi connectivity index (χ0v) is 14.5. The lowest BCUT2D eigenvalue weighted by atomic mass is 9.89. The first-order chi connectivity index (χ1) is 12.3. The first kappa shape index (κ1) is 16.1. The van der Waals surface area contributed by atoms with Crippen LogP contribution in [0.5, 0.6) is 0 Å². The van der Waals surface area contributed by atoms with Crippen molar-refractivity contribution in [2.75, 3.05) is 20.3 Å². The Morgan fingerprint density at radius 2 is 2.20 bits per heavy atom. The Kier molecular flexibility index (Phi) is 4.68. The van der Waals surface area contributed by atoms with E-state index in [1.165, 1.54) is 16.7 Å². The predicted molar refractivity (Wildman–Crippen MR) is 95.2 cm³/mol. The summed E-state index contributed by atoms with van der Waals surface area (Å²) < 4.78 is 12.7. The van der Waals surface area contributed by atoms with Crippen LogP contribution >= 0.6 is 0 Å². The molecule has 1 aromatic carbocycles. The van der Waals surface area contributed by atoms with Gasteiger partial charge in [-0.15, -0.1) is 0 Å². The molecular weight excluding hydrogens is 314 g/mol. The van der Waals surface area contributed by atoms with Crippen LogP contribution in [-0.4, -0.2) is 34.7 Å². The van der Waals surface area contributed by atoms with Gasteiger partial charge in [0.25, 0.3) is 0 Å². The zero-order valence-electron chi connectivity index (χ0n) is 14.5. The summed E-state index contributed by atoms with van der Waals surface area (Å²) in [6.07, 6.45) is 7.51. The van der Waals surface area contributed by atoms with Gasteiger partial charge in [-0.3, -0.25) is 4.90 Å². The minimum atomic E-state index is 0.267. The third kappa shape index (κ3) is 3.38. The molecule has 0 unspecified atom stereocenters. The Labute approximate surface area is 147 Å². The molecule has 0 spiro atoms. The Morgan fingerprint density at radius 3 is 3.04 bits per heavy atom. The van der Waals surface area contributed by atoms with Gasteiger partial charge in [-0.05, 0) is 17.2 Å². The van der Waals surface area contributed by atoms with E-state index in [4.69, 9.17) is 9.15 Å². The van der Waals surface area contributed by atoms with Crippen LogP contribution in [0.3, 0.4) is 0 Å². The van der Waals surface area contributed by atoms with E-state index >= 15 is 0 Å². The van der Waals surface area contributed by atoms with Crippen LogP contribution < -0.4 is 0 Å². The molecule has 0 amide bonds. The third-order valence-electron chi connectivity index (χ3n) is 4.85. The van der Waals surface area contributed by atoms with E-state index < -0.39 is 0 Å². The van der Waals surface area contributed by atoms with Crippen molar-refractivity contribution in [3.63, 3.8) is 0 Å². The van der Waals surface area contributed by atoms with Gasteiger partial charge in [0, 0.05) is 51.2 Å². The number of hydrogen-bond donors (Lipinski definition) is 0. The maximum absolute atomic E-state index is 5.25. The van der Waals surface area contributed by atoms with Crippen molar-refractivity contribution < 1.29 is 9.15 Å². The SMILES string of the molecule is COCCn1ccnc1[C@@H]1CN(Cc2ccoc2)Cc2ccccc21. The van der Waals surface area contributed by atoms with E-state index in [0.717, 1.165) is 32.0 Å². The highest BCUT2D eigenvalue weighted by atomic mass is 16.5. The minimum Gasteiger partial charge on any atom is -0.472 e. The highest BCUT2D eigenvalue weighted by Gasteiger charge is 2.29. The fraction of sp³-hybridized carbons (Fsp3) is 0.350. The number of benzene rings is 1. The number of hydrogen-bond acceptors (Lipinski definition) is 4. The van der Waals surface area contributed by atoms with Crippen molar-refractivity contribution in [1.29, 1.82) is 0 Å². The highest BCUT2D eigenvalue weighted by Crippen LogP contribution is 2.33. The zero-order chi connectivity index (χ0) is 17.1. The van der Waals surface area contributed by atoms with Crippen LogP contribution in [0.15, 0.2) is 59.7 Å². The quantitative estimate of drug-likeness (QED) is 0.692. The molecule has 0 aliphatic carbocycles. The third-order valence-corrected chi connectivity index (χ3v) is 4.85. The van der Waals surface area contributed by atoms with Gasteiger partial charge >= 0.3 is 0 Å². The Balaban J connectivity index is 1.64. The molecule has 25 heavy (non-hydrogen) atoms. The fourth-order valence-corrected chi connectivity index (χ4v) is 3.67. The maximum Gasteiger partial charge on any atom is 0.117 e. The first-order valence-electron chi connectivity index (χ1n) is 8.66. The average Bonchev–Trinajstić information content (AvgIpc) is 3.31. The summed E-state index contributed by atoms with van der Waals surface area (Å²) in [6.45, 7) is 4.31. The summed E-state index contributed by atoms with van der Waals surface area (Å²) in [7, 11) is 1.74. The van der Waals surface area contributed by atoms with Gasteiger partial charge in [0.05, 0.1) is 25.1 Å². The number of fused-ring (bicyclic) bond motifs is 1. The van der Waals surface area contributed by atoms with Crippen molar-refractivity contribution in [2.24, 2.45) is 0 Å². The summed E-state index contributed by atoms with van der Waals surface area (Å²) in [5.41, 5.74) is 3.97. The normalized spacial score (nSPS) is 17.6. The molecule has 130 valence electrons. The molecule has 3 aromatic rings. The lowest BCUT2D eigenvalue weighted by Gasteiger charge is -2.34. The summed E-state index contributed by atoms with van der Waals surface area (Å²) >= 11 is 0. The van der Waals surface area contributed by atoms with E-state index in [9.17, 15) is 0 Å². The predicted octanol–water partition coefficient (Wildman–Crippen LogP) is 3.27. The van der Waals surface area contributed by atoms with Crippen molar-refractivity contribution in [2.45, 2.75) is 25.6 Å². The average molecular weight is 337 g/mol. The first-order valence-corrected chi connectivity index (χ1v) is 8.66. The van der Waals surface area contributed by atoms with Crippen LogP contribution in [0, 0.1) is 0 Å². The summed E-state index contributed by atoms with van der Waals surface area (Å²) in [5.74, 6) is 1.38. The number of furan rings is 1. The van der Waals surface area contributed by atoms with E-state index in [2.05, 4.69) is 38.7 Å². The number of nitrogens with zero attached hydrogens (tertiary/aromatic N) is 3. The second-order valence-electron chi connectivity index (χ2n) is 6.52. The van der Waals surface area contributed by atoms with Gasteiger partial charge in [-0.2, -0.15) is 0 Å². The number of imidazole rings is 1. The van der Waals surface area contributed by atoms with E-state index in [1.807, 2.05) is 24.7 Å². The molecule has 0 radical (unpaired) electrons. The molecule has 3 heterocycles. The van der Waals surface area contributed by atoms with Crippen LogP contribution in [0.4, 0.5) is 0 Å². The van der Waals surface area contributed by atoms with E-state index in [1.54, 1.807) is 13.4 Å². The van der Waals surface area contributed by atoms with Crippen molar-refractivity contribution in [3.05, 3.63) is 77.8 Å². The lowest BCUT2D eigenvalue weighted by molar-refractivity contribution is 0.184. The molecule has 2 aromatic heterocycles. The minimum absolute atomic E-state index is 0.267. The molecule has 5 nitrogen and oxygen atoms in total. The molecule has 0 N–H and O–H groups in total. The highest BCUT2D eigenvalue weighted by molar-refractivity contribution is 5.37. The number of ether oxygens (including phenoxy) is 1. The maximum atomic E-state index is 5.25. The smallest absolute Gasteiger partial charge is 0.117 e. The molecule has 0 saturated heterocycles. The topological polar surface area (TPSA) is 43.4 Å². The summed E-state index contributed by atoms with van der Waals surface area (Å²) in [5, 5.41) is 0. The van der Waals surface area contributed by atoms with Crippen LogP contribution in [0.1, 0.15) is 28.4 Å². The van der Waals surface area contributed by atoms with Gasteiger partial charge in [-0.1, -0.05) is 24.3 Å². The van der Waals surface area contributed by atoms with Gasteiger partial charge in [0.1, 0.15) is 5.82 Å². The molecule has 0 saturated carbocycles. The Hall–Kier alpha value is -2.37. The van der Waals surface area contributed by atoms with Crippen molar-refractivity contribution in [1.82, 2.24) is 14.5 Å². The second kappa shape index (κ2) is 7.25. The van der Waals surface area contributed by atoms with Crippen molar-refractivity contribution >= 4 is 0 Å². The van der Waals surface area contributed by atoms with Gasteiger partial charge < -0.3 is 13.7 Å². The second-order valence-corrected chi connectivity index (χ2v) is 6.52. The van der Waals surface area contributed by atoms with Crippen LogP contribution in [-0.2, 0) is 24.4 Å². The lowest BCUT2D eigenvalue weighted by Crippen LogP contribution is -2.34. The Morgan fingerprint density at radius 1 is 1.28 bits per heavy atom. The monoisotopic (exact) mass is 337 g/mol. The number of rotatable bonds is 6. The van der Waals surface area contributed by atoms with Crippen LogP contribution in [0.2, 0.25) is 0 Å². The Bertz CT molecular complexity index is 810. The van der Waals surface area contributed by atoms with Gasteiger partial charge in [0.15, 0.2) is 0 Å². The van der Waals surface area contributed by atoms with Gasteiger partial charge in [0.2, 0.25) is 0 Å². The molecular formula is C20H23N3O2. The molecule has 4 rings (SSSR count). The summed E-state index contributed by atoms with van der Waals surface area (Å²) in [6, 6.07) is 10.8. The summed E-state index contributed by atoms with van der Waals surface area (Å²) in [4.78, 5) is 7.15. The molecule has 1 aliphatic heterocycles. The van der Waals surface area contributed by atoms with Crippen molar-refractivity contribution in [3.8, 4) is 0 Å². The van der Waals surface area contributed by atoms with E-state index in [0.29, 0.717) is 6.61 Å². The number of aromatic nitrogens is 2. The van der Waals surface area contributed by atoms with E-state index in [-0.39, 0.29) is 5.92 Å². The molecule has 0 fully saturated rings. The largest absolute Gasteiger partial charge is 0.472 e. The molecule has 0 bridgehead atoms. The van der Waals surface area contributed by atoms with Crippen LogP contribution in [0.25, 0.3) is 0 Å².